The van der Waals surface area contributed by atoms with Crippen molar-refractivity contribution in [1.29, 1.82) is 0 Å². The summed E-state index contributed by atoms with van der Waals surface area (Å²) in [5.74, 6) is -0.381. The molecule has 0 aliphatic carbocycles. The molecule has 1 unspecified atom stereocenters. The van der Waals surface area contributed by atoms with Gasteiger partial charge in [-0.1, -0.05) is 0 Å². The van der Waals surface area contributed by atoms with Crippen LogP contribution in [0.2, 0.25) is 0 Å². The predicted molar refractivity (Wildman–Crippen MR) is 34.3 cm³/mol. The van der Waals surface area contributed by atoms with Crippen LogP contribution in [0, 0.1) is 0 Å². The number of rotatable bonds is 2. The van der Waals surface area contributed by atoms with E-state index in [9.17, 15) is 4.79 Å². The Balaban J connectivity index is 2.34. The minimum absolute atomic E-state index is 0.370. The Labute approximate surface area is 58.7 Å². The average molecular weight is 148 g/mol. The van der Waals surface area contributed by atoms with E-state index in [-0.39, 0.29) is 5.97 Å². The molecule has 1 heterocycles. The van der Waals surface area contributed by atoms with E-state index in [1.165, 1.54) is 0 Å². The van der Waals surface area contributed by atoms with E-state index in [4.69, 9.17) is 4.74 Å². The largest absolute Gasteiger partial charge is 0.463 e. The molecule has 0 amide bonds. The Morgan fingerprint density at radius 1 is 2.00 bits per heavy atom. The van der Waals surface area contributed by atoms with E-state index in [0.717, 1.165) is 0 Å². The van der Waals surface area contributed by atoms with E-state index in [1.54, 1.807) is 6.92 Å². The molecule has 1 aliphatic heterocycles. The standard InChI is InChI=1S/C5H8O3S/c1-2-7-4(6)5(9)3-8-5/h9H,2-3H2,1H3. The lowest BCUT2D eigenvalue weighted by molar-refractivity contribution is -0.145. The SMILES string of the molecule is CCOC(=O)C1(S)CO1. The van der Waals surface area contributed by atoms with E-state index in [2.05, 4.69) is 17.4 Å². The average Bonchev–Trinajstić information content (AvgIpc) is 2.50. The van der Waals surface area contributed by atoms with Crippen LogP contribution in [-0.4, -0.2) is 24.1 Å². The number of ether oxygens (including phenoxy) is 2. The van der Waals surface area contributed by atoms with E-state index >= 15 is 0 Å². The minimum atomic E-state index is -0.907. The summed E-state index contributed by atoms with van der Waals surface area (Å²) in [6.07, 6.45) is 0. The number of carbonyl (C=O) groups is 1. The fourth-order valence-corrected chi connectivity index (χ4v) is 0.559. The molecule has 0 bridgehead atoms. The third-order valence-electron chi connectivity index (χ3n) is 1.01. The van der Waals surface area contributed by atoms with Gasteiger partial charge in [0.05, 0.1) is 13.2 Å². The highest BCUT2D eigenvalue weighted by molar-refractivity contribution is 7.82. The summed E-state index contributed by atoms with van der Waals surface area (Å²) < 4.78 is 9.33. The van der Waals surface area contributed by atoms with Gasteiger partial charge in [0, 0.05) is 0 Å². The maximum atomic E-state index is 10.7. The molecule has 0 radical (unpaired) electrons. The van der Waals surface area contributed by atoms with Gasteiger partial charge in [0.2, 0.25) is 4.93 Å². The van der Waals surface area contributed by atoms with Crippen molar-refractivity contribution in [2.75, 3.05) is 13.2 Å². The lowest BCUT2D eigenvalue weighted by atomic mass is 10.5. The second-order valence-electron chi connectivity index (χ2n) is 1.79. The topological polar surface area (TPSA) is 38.8 Å². The molecule has 9 heavy (non-hydrogen) atoms. The summed E-state index contributed by atoms with van der Waals surface area (Å²) in [4.78, 5) is 9.80. The van der Waals surface area contributed by atoms with Crippen molar-refractivity contribution in [3.05, 3.63) is 0 Å². The third kappa shape index (κ3) is 1.37. The highest BCUT2D eigenvalue weighted by Gasteiger charge is 2.50. The zero-order valence-electron chi connectivity index (χ0n) is 5.09. The Hall–Kier alpha value is -0.220. The summed E-state index contributed by atoms with van der Waals surface area (Å²) in [6, 6.07) is 0. The summed E-state index contributed by atoms with van der Waals surface area (Å²) >= 11 is 3.90. The van der Waals surface area contributed by atoms with E-state index < -0.39 is 4.93 Å². The first-order valence-electron chi connectivity index (χ1n) is 2.72. The van der Waals surface area contributed by atoms with Crippen molar-refractivity contribution in [2.45, 2.75) is 11.9 Å². The Bertz CT molecular complexity index is 130. The number of esters is 1. The first-order chi connectivity index (χ1) is 4.19. The molecule has 1 rings (SSSR count). The summed E-state index contributed by atoms with van der Waals surface area (Å²) in [5.41, 5.74) is 0. The molecule has 0 N–H and O–H groups in total. The summed E-state index contributed by atoms with van der Waals surface area (Å²) in [7, 11) is 0. The smallest absolute Gasteiger partial charge is 0.351 e. The molecule has 4 heteroatoms. The van der Waals surface area contributed by atoms with Crippen LogP contribution in [0.5, 0.6) is 0 Å². The van der Waals surface area contributed by atoms with Gasteiger partial charge in [-0.25, -0.2) is 4.79 Å². The van der Waals surface area contributed by atoms with Gasteiger partial charge in [-0.2, -0.15) is 0 Å². The van der Waals surface area contributed by atoms with Crippen LogP contribution in [-0.2, 0) is 14.3 Å². The van der Waals surface area contributed by atoms with Gasteiger partial charge in [-0.15, -0.1) is 12.6 Å². The molecule has 52 valence electrons. The van der Waals surface area contributed by atoms with Crippen LogP contribution in [0.3, 0.4) is 0 Å². The van der Waals surface area contributed by atoms with E-state index in [1.807, 2.05) is 0 Å². The molecule has 0 aromatic rings. The molecule has 0 aromatic heterocycles. The molecular formula is C5H8O3S. The van der Waals surface area contributed by atoms with E-state index in [0.29, 0.717) is 13.2 Å². The highest BCUT2D eigenvalue weighted by atomic mass is 32.1. The highest BCUT2D eigenvalue weighted by Crippen LogP contribution is 2.32. The first-order valence-corrected chi connectivity index (χ1v) is 3.17. The maximum absolute atomic E-state index is 10.7. The van der Waals surface area contributed by atoms with Gasteiger partial charge in [-0.05, 0) is 6.92 Å². The molecule has 0 saturated carbocycles. The normalized spacial score (nSPS) is 31.8. The van der Waals surface area contributed by atoms with Gasteiger partial charge in [0.25, 0.3) is 0 Å². The minimum Gasteiger partial charge on any atom is -0.463 e. The maximum Gasteiger partial charge on any atom is 0.351 e. The Morgan fingerprint density at radius 2 is 2.56 bits per heavy atom. The molecule has 1 saturated heterocycles. The van der Waals surface area contributed by atoms with Crippen molar-refractivity contribution >= 4 is 18.6 Å². The molecule has 3 nitrogen and oxygen atoms in total. The van der Waals surface area contributed by atoms with Gasteiger partial charge >= 0.3 is 5.97 Å². The molecule has 1 fully saturated rings. The Morgan fingerprint density at radius 3 is 2.89 bits per heavy atom. The second-order valence-corrected chi connectivity index (χ2v) is 2.52. The molecule has 1 aliphatic rings. The number of epoxide rings is 1. The zero-order valence-corrected chi connectivity index (χ0v) is 5.98. The summed E-state index contributed by atoms with van der Waals surface area (Å²) in [5, 5.41) is 0. The number of hydrogen-bond donors (Lipinski definition) is 1. The predicted octanol–water partition coefficient (Wildman–Crippen LogP) is 0.206. The van der Waals surface area contributed by atoms with Crippen LogP contribution in [0.15, 0.2) is 0 Å². The molecule has 0 aromatic carbocycles. The summed E-state index contributed by atoms with van der Waals surface area (Å²) in [6.45, 7) is 2.50. The van der Waals surface area contributed by atoms with Crippen molar-refractivity contribution < 1.29 is 14.3 Å². The van der Waals surface area contributed by atoms with Gasteiger partial charge in [0.15, 0.2) is 0 Å². The lowest BCUT2D eigenvalue weighted by Crippen LogP contribution is -2.20. The number of hydrogen-bond acceptors (Lipinski definition) is 4. The van der Waals surface area contributed by atoms with Crippen LogP contribution >= 0.6 is 12.6 Å². The fraction of sp³-hybridized carbons (Fsp3) is 0.800. The second kappa shape index (κ2) is 2.19. The lowest BCUT2D eigenvalue weighted by Gasteiger charge is -2.01. The monoisotopic (exact) mass is 148 g/mol. The van der Waals surface area contributed by atoms with Crippen LogP contribution in [0.1, 0.15) is 6.92 Å². The van der Waals surface area contributed by atoms with Crippen LogP contribution in [0.25, 0.3) is 0 Å². The number of carbonyl (C=O) groups excluding carboxylic acids is 1. The Kier molecular flexibility index (Phi) is 1.68. The quantitative estimate of drug-likeness (QED) is 0.345. The zero-order chi connectivity index (χ0) is 6.91. The number of thiol groups is 1. The molecule has 0 spiro atoms. The van der Waals surface area contributed by atoms with Gasteiger partial charge in [-0.3, -0.25) is 0 Å². The third-order valence-corrected chi connectivity index (χ3v) is 1.45. The first kappa shape index (κ1) is 6.89. The van der Waals surface area contributed by atoms with Gasteiger partial charge < -0.3 is 9.47 Å². The van der Waals surface area contributed by atoms with Crippen LogP contribution in [0.4, 0.5) is 0 Å². The van der Waals surface area contributed by atoms with Gasteiger partial charge in [0.1, 0.15) is 0 Å². The molecule has 1 atom stereocenters. The molecular weight excluding hydrogens is 140 g/mol. The van der Waals surface area contributed by atoms with Crippen molar-refractivity contribution in [1.82, 2.24) is 0 Å². The fourth-order valence-electron chi connectivity index (χ4n) is 0.430. The van der Waals surface area contributed by atoms with Crippen molar-refractivity contribution in [3.63, 3.8) is 0 Å². The van der Waals surface area contributed by atoms with Crippen LogP contribution < -0.4 is 0 Å². The van der Waals surface area contributed by atoms with Crippen molar-refractivity contribution in [3.8, 4) is 0 Å². The van der Waals surface area contributed by atoms with Crippen molar-refractivity contribution in [2.24, 2.45) is 0 Å².